The molecule has 13 aromatic rings. The SMILES string of the molecule is Cc1ccc(N(c2ccccc2)c2ccc3c(c2)C2(c4cc(N(c5ccccc5)c5ccc(C)cc5)ccc4-3)c3cc(N(c4ccccc4)c4ccc(C)cc4)ccc3-c3ccc(N(c4ccc(C)cc4)c4ccc(C=Cc5ccc(C=C6CCCCC6)cc5)cc4)cc32)cc1. The second-order valence-corrected chi connectivity index (χ2v) is 26.3. The first-order valence-corrected chi connectivity index (χ1v) is 34.0. The van der Waals surface area contributed by atoms with E-state index in [0.717, 1.165) is 73.8 Å². The van der Waals surface area contributed by atoms with Crippen molar-refractivity contribution < 1.29 is 0 Å². The summed E-state index contributed by atoms with van der Waals surface area (Å²) >= 11 is 0. The van der Waals surface area contributed by atoms with Crippen molar-refractivity contribution in [1.82, 2.24) is 0 Å². The third-order valence-electron chi connectivity index (χ3n) is 19.9. The molecule has 96 heavy (non-hydrogen) atoms. The van der Waals surface area contributed by atoms with Gasteiger partial charge >= 0.3 is 0 Å². The summed E-state index contributed by atoms with van der Waals surface area (Å²) in [5.74, 6) is 0. The number of rotatable bonds is 15. The van der Waals surface area contributed by atoms with E-state index in [0.29, 0.717) is 0 Å². The Labute approximate surface area is 566 Å². The van der Waals surface area contributed by atoms with Crippen LogP contribution < -0.4 is 19.6 Å². The molecule has 4 nitrogen and oxygen atoms in total. The molecule has 0 saturated heterocycles. The van der Waals surface area contributed by atoms with Crippen LogP contribution >= 0.6 is 0 Å². The Morgan fingerprint density at radius 2 is 0.479 bits per heavy atom. The van der Waals surface area contributed by atoms with Crippen molar-refractivity contribution >= 4 is 86.5 Å². The first-order valence-electron chi connectivity index (χ1n) is 34.0. The minimum atomic E-state index is -0.868. The summed E-state index contributed by atoms with van der Waals surface area (Å²) in [7, 11) is 0. The monoisotopic (exact) mass is 1240 g/mol. The lowest BCUT2D eigenvalue weighted by Crippen LogP contribution is -2.27. The van der Waals surface area contributed by atoms with E-state index in [9.17, 15) is 0 Å². The number of fused-ring (bicyclic) bond motifs is 10. The summed E-state index contributed by atoms with van der Waals surface area (Å²) in [6.07, 6.45) is 13.3. The van der Waals surface area contributed by atoms with Crippen LogP contribution in [0.1, 0.15) is 93.3 Å². The smallest absolute Gasteiger partial charge is 0.0728 e. The van der Waals surface area contributed by atoms with E-state index in [1.54, 1.807) is 5.57 Å². The quantitative estimate of drug-likeness (QED) is 0.0949. The predicted octanol–water partition coefficient (Wildman–Crippen LogP) is 25.7. The number of hydrogen-bond acceptors (Lipinski definition) is 4. The molecule has 3 aliphatic carbocycles. The van der Waals surface area contributed by atoms with E-state index in [1.165, 1.54) is 110 Å². The second-order valence-electron chi connectivity index (χ2n) is 26.3. The fourth-order valence-corrected chi connectivity index (χ4v) is 15.0. The molecule has 0 bridgehead atoms. The maximum absolute atomic E-state index is 2.54. The summed E-state index contributed by atoms with van der Waals surface area (Å²) in [6.45, 7) is 8.67. The van der Waals surface area contributed by atoms with E-state index in [2.05, 4.69) is 375 Å². The summed E-state index contributed by atoms with van der Waals surface area (Å²) in [5, 5.41) is 0. The summed E-state index contributed by atoms with van der Waals surface area (Å²) in [4.78, 5) is 9.74. The van der Waals surface area contributed by atoms with Crippen molar-refractivity contribution in [2.45, 2.75) is 65.2 Å². The third-order valence-corrected chi connectivity index (χ3v) is 19.9. The standard InChI is InChI=1S/C92H76N4/c1-64-25-41-75(42-26-64)93(72-19-11-6-12-20-72)80-51-55-84-85-56-52-81(94(73-21-13-7-14-22-73)76-43-27-65(2)28-44-76)61-89(85)92(88(84)60-80)90-62-82(95(74-23-15-8-16-24-74)77-45-29-66(3)30-46-77)53-57-86(90)87-58-54-83(63-91(87)92)96(78-47-31-67(4)32-48-78)79-49-39-69(40-50-79)34-33-68-35-37-71(38-36-68)59-70-17-9-5-10-18-70/h6-8,11-16,19-63H,5,9-10,17-18H2,1-4H3. The van der Waals surface area contributed by atoms with Gasteiger partial charge in [-0.25, -0.2) is 0 Å². The second kappa shape index (κ2) is 25.5. The molecule has 0 unspecified atom stereocenters. The van der Waals surface area contributed by atoms with Gasteiger partial charge in [-0.15, -0.1) is 0 Å². The van der Waals surface area contributed by atoms with Crippen molar-refractivity contribution in [2.24, 2.45) is 0 Å². The number of allylic oxidation sites excluding steroid dienone is 1. The maximum Gasteiger partial charge on any atom is 0.0728 e. The highest BCUT2D eigenvalue weighted by Crippen LogP contribution is 2.65. The minimum absolute atomic E-state index is 0.868. The lowest BCUT2D eigenvalue weighted by Gasteiger charge is -2.35. The van der Waals surface area contributed by atoms with Gasteiger partial charge in [0.2, 0.25) is 0 Å². The summed E-state index contributed by atoms with van der Waals surface area (Å²) in [5.41, 5.74) is 31.9. The average molecular weight is 1240 g/mol. The Morgan fingerprint density at radius 3 is 0.771 bits per heavy atom. The van der Waals surface area contributed by atoms with Crippen LogP contribution in [0.15, 0.2) is 315 Å². The van der Waals surface area contributed by atoms with Gasteiger partial charge in [0.05, 0.1) is 5.41 Å². The number of anilines is 12. The molecule has 0 atom stereocenters. The largest absolute Gasteiger partial charge is 0.310 e. The minimum Gasteiger partial charge on any atom is -0.310 e. The van der Waals surface area contributed by atoms with Gasteiger partial charge < -0.3 is 19.6 Å². The molecule has 4 heteroatoms. The van der Waals surface area contributed by atoms with Gasteiger partial charge in [-0.05, 0) is 260 Å². The molecule has 13 aromatic carbocycles. The van der Waals surface area contributed by atoms with Gasteiger partial charge in [0.25, 0.3) is 0 Å². The van der Waals surface area contributed by atoms with Crippen molar-refractivity contribution in [3.8, 4) is 22.3 Å². The van der Waals surface area contributed by atoms with Crippen LogP contribution in [0, 0.1) is 27.7 Å². The van der Waals surface area contributed by atoms with Crippen molar-refractivity contribution in [1.29, 1.82) is 0 Å². The third kappa shape index (κ3) is 11.2. The molecule has 1 spiro atoms. The lowest BCUT2D eigenvalue weighted by molar-refractivity contribution is 0.602. The molecule has 0 heterocycles. The average Bonchev–Trinajstić information content (AvgIpc) is 1.50. The molecule has 3 aliphatic rings. The molecule has 0 N–H and O–H groups in total. The predicted molar refractivity (Wildman–Crippen MR) is 407 cm³/mol. The molecule has 1 saturated carbocycles. The zero-order chi connectivity index (χ0) is 64.7. The number of aryl methyl sites for hydroxylation is 4. The first kappa shape index (κ1) is 59.5. The van der Waals surface area contributed by atoms with Crippen LogP contribution in [0.2, 0.25) is 0 Å². The van der Waals surface area contributed by atoms with Crippen LogP contribution in [-0.4, -0.2) is 0 Å². The molecule has 0 amide bonds. The molecule has 0 aromatic heterocycles. The van der Waals surface area contributed by atoms with E-state index in [1.807, 2.05) is 0 Å². The number of hydrogen-bond donors (Lipinski definition) is 0. The highest BCUT2D eigenvalue weighted by atomic mass is 15.2. The van der Waals surface area contributed by atoms with Crippen LogP contribution in [0.4, 0.5) is 68.2 Å². The molecule has 0 aliphatic heterocycles. The van der Waals surface area contributed by atoms with Crippen molar-refractivity contribution in [3.05, 3.63) is 376 Å². The van der Waals surface area contributed by atoms with Gasteiger partial charge in [0, 0.05) is 68.2 Å². The summed E-state index contributed by atoms with van der Waals surface area (Å²) < 4.78 is 0. The molecule has 0 radical (unpaired) electrons. The van der Waals surface area contributed by atoms with Crippen molar-refractivity contribution in [3.63, 3.8) is 0 Å². The van der Waals surface area contributed by atoms with Gasteiger partial charge in [-0.3, -0.25) is 0 Å². The Kier molecular flexibility index (Phi) is 15.8. The first-order chi connectivity index (χ1) is 47.2. The van der Waals surface area contributed by atoms with E-state index >= 15 is 0 Å². The number of nitrogens with zero attached hydrogens (tertiary/aromatic N) is 4. The highest BCUT2D eigenvalue weighted by molar-refractivity contribution is 6.00. The van der Waals surface area contributed by atoms with Gasteiger partial charge in [-0.1, -0.05) is 216 Å². The van der Waals surface area contributed by atoms with E-state index in [4.69, 9.17) is 0 Å². The number of para-hydroxylation sites is 3. The van der Waals surface area contributed by atoms with E-state index < -0.39 is 5.41 Å². The Hall–Kier alpha value is -11.5. The molecule has 464 valence electrons. The molecule has 1 fully saturated rings. The van der Waals surface area contributed by atoms with Crippen LogP contribution in [-0.2, 0) is 5.41 Å². The fourth-order valence-electron chi connectivity index (χ4n) is 15.0. The topological polar surface area (TPSA) is 13.0 Å². The van der Waals surface area contributed by atoms with Crippen molar-refractivity contribution in [2.75, 3.05) is 19.6 Å². The van der Waals surface area contributed by atoms with Crippen LogP contribution in [0.3, 0.4) is 0 Å². The maximum atomic E-state index is 2.54. The van der Waals surface area contributed by atoms with Crippen LogP contribution in [0.5, 0.6) is 0 Å². The Balaban J connectivity index is 0.931. The fraction of sp³-hybridized carbons (Fsp3) is 0.109. The molecular weight excluding hydrogens is 1160 g/mol. The summed E-state index contributed by atoms with van der Waals surface area (Å²) in [6, 6.07) is 116. The normalized spacial score (nSPS) is 13.2. The number of benzene rings is 13. The van der Waals surface area contributed by atoms with Gasteiger partial charge in [0.1, 0.15) is 0 Å². The van der Waals surface area contributed by atoms with E-state index in [-0.39, 0.29) is 0 Å². The Morgan fingerprint density at radius 1 is 0.240 bits per heavy atom. The molecular formula is C92H76N4. The highest BCUT2D eigenvalue weighted by Gasteiger charge is 2.53. The van der Waals surface area contributed by atoms with Gasteiger partial charge in [-0.2, -0.15) is 0 Å². The lowest BCUT2D eigenvalue weighted by atomic mass is 9.70. The molecule has 16 rings (SSSR count). The zero-order valence-corrected chi connectivity index (χ0v) is 55.0. The Bertz CT molecular complexity index is 4730. The van der Waals surface area contributed by atoms with Gasteiger partial charge in [0.15, 0.2) is 0 Å². The zero-order valence-electron chi connectivity index (χ0n) is 55.0. The van der Waals surface area contributed by atoms with Crippen LogP contribution in [0.25, 0.3) is 40.5 Å².